The average Bonchev–Trinajstić information content (AvgIpc) is 2.73. The zero-order valence-corrected chi connectivity index (χ0v) is 9.70. The highest BCUT2D eigenvalue weighted by Gasteiger charge is 2.49. The molecule has 2 saturated carbocycles. The smallest absolute Gasteiger partial charge is 0.123 e. The Morgan fingerprint density at radius 3 is 2.80 bits per heavy atom. The van der Waals surface area contributed by atoms with Crippen molar-refractivity contribution in [3.8, 4) is 0 Å². The Bertz CT molecular complexity index is 309. The van der Waals surface area contributed by atoms with Gasteiger partial charge in [0.15, 0.2) is 0 Å². The maximum absolute atomic E-state index is 11.0. The van der Waals surface area contributed by atoms with Crippen LogP contribution in [-0.2, 0) is 4.79 Å². The van der Waals surface area contributed by atoms with E-state index >= 15 is 0 Å². The molecule has 2 bridgehead atoms. The molecule has 15 heavy (non-hydrogen) atoms. The third-order valence-corrected chi connectivity index (χ3v) is 4.03. The van der Waals surface area contributed by atoms with Gasteiger partial charge in [-0.3, -0.25) is 0 Å². The lowest BCUT2D eigenvalue weighted by atomic mass is 9.75. The van der Waals surface area contributed by atoms with Gasteiger partial charge in [-0.2, -0.15) is 0 Å². The summed E-state index contributed by atoms with van der Waals surface area (Å²) in [7, 11) is 0. The largest absolute Gasteiger partial charge is 0.303 e. The van der Waals surface area contributed by atoms with E-state index in [2.05, 4.69) is 32.1 Å². The molecule has 0 spiro atoms. The molecule has 1 nitrogen and oxygen atoms in total. The summed E-state index contributed by atoms with van der Waals surface area (Å²) in [6.07, 6.45) is 12.7. The van der Waals surface area contributed by atoms with Crippen LogP contribution in [0, 0.1) is 17.3 Å². The molecule has 0 saturated heterocycles. The lowest BCUT2D eigenvalue weighted by Gasteiger charge is -2.28. The highest BCUT2D eigenvalue weighted by Crippen LogP contribution is 2.57. The van der Waals surface area contributed by atoms with Crippen LogP contribution in [0.4, 0.5) is 0 Å². The molecule has 2 aliphatic carbocycles. The Morgan fingerprint density at radius 2 is 2.20 bits per heavy atom. The molecular weight excluding hydrogens is 184 g/mol. The summed E-state index contributed by atoms with van der Waals surface area (Å²) < 4.78 is 0. The van der Waals surface area contributed by atoms with E-state index in [0.29, 0.717) is 0 Å². The molecule has 0 aromatic rings. The zero-order chi connectivity index (χ0) is 10.9. The molecule has 1 heteroatoms. The number of allylic oxidation sites excluding steroid dienone is 4. The maximum atomic E-state index is 11.0. The van der Waals surface area contributed by atoms with Crippen molar-refractivity contribution in [3.05, 3.63) is 23.8 Å². The van der Waals surface area contributed by atoms with Gasteiger partial charge in [-0.05, 0) is 50.9 Å². The quantitative estimate of drug-likeness (QED) is 0.508. The number of hydrogen-bond acceptors (Lipinski definition) is 1. The van der Waals surface area contributed by atoms with Crippen LogP contribution in [0.2, 0.25) is 0 Å². The minimum atomic E-state index is 0.221. The Morgan fingerprint density at radius 1 is 1.40 bits per heavy atom. The van der Waals surface area contributed by atoms with Crippen molar-refractivity contribution in [1.82, 2.24) is 0 Å². The van der Waals surface area contributed by atoms with Crippen LogP contribution in [0.3, 0.4) is 0 Å². The van der Waals surface area contributed by atoms with Crippen LogP contribution in [0.15, 0.2) is 23.8 Å². The summed E-state index contributed by atoms with van der Waals surface area (Å²) in [6.45, 7) is 4.20. The van der Waals surface area contributed by atoms with Gasteiger partial charge in [0, 0.05) is 5.92 Å². The third-order valence-electron chi connectivity index (χ3n) is 4.03. The Labute approximate surface area is 92.3 Å². The first-order valence-electron chi connectivity index (χ1n) is 5.94. The fraction of sp³-hybridized carbons (Fsp3) is 0.643. The Hall–Kier alpha value is -0.850. The SMILES string of the molecule is CC(C)=CC=CC12CCC(CC1C=O)C2. The van der Waals surface area contributed by atoms with Gasteiger partial charge in [0.25, 0.3) is 0 Å². The lowest BCUT2D eigenvalue weighted by molar-refractivity contribution is -0.113. The van der Waals surface area contributed by atoms with Crippen LogP contribution in [0.25, 0.3) is 0 Å². The summed E-state index contributed by atoms with van der Waals surface area (Å²) >= 11 is 0. The number of hydrogen-bond donors (Lipinski definition) is 0. The molecule has 0 N–H and O–H groups in total. The second-order valence-electron chi connectivity index (χ2n) is 5.42. The molecule has 0 radical (unpaired) electrons. The number of carbonyl (C=O) groups is 1. The van der Waals surface area contributed by atoms with Crippen molar-refractivity contribution in [2.75, 3.05) is 0 Å². The van der Waals surface area contributed by atoms with E-state index in [4.69, 9.17) is 0 Å². The highest BCUT2D eigenvalue weighted by molar-refractivity contribution is 5.57. The lowest BCUT2D eigenvalue weighted by Crippen LogP contribution is -2.23. The highest BCUT2D eigenvalue weighted by atomic mass is 16.1. The van der Waals surface area contributed by atoms with Crippen LogP contribution in [-0.4, -0.2) is 6.29 Å². The second-order valence-corrected chi connectivity index (χ2v) is 5.42. The molecule has 82 valence electrons. The van der Waals surface area contributed by atoms with E-state index in [-0.39, 0.29) is 11.3 Å². The van der Waals surface area contributed by atoms with Gasteiger partial charge in [0.05, 0.1) is 0 Å². The van der Waals surface area contributed by atoms with Gasteiger partial charge < -0.3 is 4.79 Å². The van der Waals surface area contributed by atoms with Crippen molar-refractivity contribution in [1.29, 1.82) is 0 Å². The molecule has 0 heterocycles. The maximum Gasteiger partial charge on any atom is 0.123 e. The van der Waals surface area contributed by atoms with E-state index in [1.54, 1.807) is 0 Å². The Kier molecular flexibility index (Phi) is 2.81. The number of fused-ring (bicyclic) bond motifs is 2. The number of aldehydes is 1. The summed E-state index contributed by atoms with van der Waals surface area (Å²) in [4.78, 5) is 11.0. The summed E-state index contributed by atoms with van der Waals surface area (Å²) in [5, 5.41) is 0. The molecular formula is C14H20O. The number of rotatable bonds is 3. The first-order chi connectivity index (χ1) is 7.16. The van der Waals surface area contributed by atoms with Crippen LogP contribution >= 0.6 is 0 Å². The summed E-state index contributed by atoms with van der Waals surface area (Å²) in [5.41, 5.74) is 1.54. The summed E-state index contributed by atoms with van der Waals surface area (Å²) in [6, 6.07) is 0. The molecule has 0 aromatic carbocycles. The molecule has 0 aliphatic heterocycles. The van der Waals surface area contributed by atoms with E-state index in [1.165, 1.54) is 31.1 Å². The molecule has 0 aromatic heterocycles. The standard InChI is InChI=1S/C14H20O/c1-11(2)4-3-6-14-7-5-12(9-14)8-13(14)10-15/h3-4,6,10,12-13H,5,7-9H2,1-2H3. The Balaban J connectivity index is 2.14. The van der Waals surface area contributed by atoms with Gasteiger partial charge in [-0.1, -0.05) is 23.8 Å². The number of carbonyl (C=O) groups excluding carboxylic acids is 1. The fourth-order valence-corrected chi connectivity index (χ4v) is 3.24. The third kappa shape index (κ3) is 1.92. The van der Waals surface area contributed by atoms with Crippen molar-refractivity contribution in [3.63, 3.8) is 0 Å². The zero-order valence-electron chi connectivity index (χ0n) is 9.70. The predicted molar refractivity (Wildman–Crippen MR) is 62.5 cm³/mol. The van der Waals surface area contributed by atoms with Crippen molar-refractivity contribution < 1.29 is 4.79 Å². The molecule has 2 aliphatic rings. The predicted octanol–water partition coefficient (Wildman–Crippen LogP) is 3.51. The molecule has 2 rings (SSSR count). The second kappa shape index (κ2) is 3.96. The monoisotopic (exact) mass is 204 g/mol. The van der Waals surface area contributed by atoms with Gasteiger partial charge in [0.1, 0.15) is 6.29 Å². The van der Waals surface area contributed by atoms with E-state index in [9.17, 15) is 4.79 Å². The summed E-state index contributed by atoms with van der Waals surface area (Å²) in [5.74, 6) is 1.11. The van der Waals surface area contributed by atoms with Crippen LogP contribution in [0.5, 0.6) is 0 Å². The van der Waals surface area contributed by atoms with E-state index < -0.39 is 0 Å². The minimum absolute atomic E-state index is 0.221. The molecule has 0 amide bonds. The molecule has 2 fully saturated rings. The van der Waals surface area contributed by atoms with Gasteiger partial charge in [-0.15, -0.1) is 0 Å². The van der Waals surface area contributed by atoms with Crippen molar-refractivity contribution in [2.24, 2.45) is 17.3 Å². The fourth-order valence-electron chi connectivity index (χ4n) is 3.24. The van der Waals surface area contributed by atoms with Crippen molar-refractivity contribution >= 4 is 6.29 Å². The average molecular weight is 204 g/mol. The first-order valence-corrected chi connectivity index (χ1v) is 5.94. The topological polar surface area (TPSA) is 17.1 Å². The van der Waals surface area contributed by atoms with Gasteiger partial charge in [0.2, 0.25) is 0 Å². The normalized spacial score (nSPS) is 38.5. The first kappa shape index (κ1) is 10.7. The van der Waals surface area contributed by atoms with Crippen LogP contribution in [0.1, 0.15) is 39.5 Å². The van der Waals surface area contributed by atoms with E-state index in [0.717, 1.165) is 12.3 Å². The van der Waals surface area contributed by atoms with Crippen LogP contribution < -0.4 is 0 Å². The van der Waals surface area contributed by atoms with Crippen molar-refractivity contribution in [2.45, 2.75) is 39.5 Å². The molecule has 3 atom stereocenters. The van der Waals surface area contributed by atoms with E-state index in [1.807, 2.05) is 0 Å². The van der Waals surface area contributed by atoms with Gasteiger partial charge in [-0.25, -0.2) is 0 Å². The van der Waals surface area contributed by atoms with Gasteiger partial charge >= 0.3 is 0 Å². The minimum Gasteiger partial charge on any atom is -0.303 e. The molecule has 3 unspecified atom stereocenters.